The lowest BCUT2D eigenvalue weighted by molar-refractivity contribution is -0.114. The van der Waals surface area contributed by atoms with E-state index < -0.39 is 9.84 Å². The van der Waals surface area contributed by atoms with Crippen LogP contribution >= 0.6 is 0 Å². The van der Waals surface area contributed by atoms with E-state index in [4.69, 9.17) is 0 Å². The molecule has 0 aliphatic rings. The molecule has 6 nitrogen and oxygen atoms in total. The highest BCUT2D eigenvalue weighted by Gasteiger charge is 2.09. The topological polar surface area (TPSA) is 92.3 Å². The maximum atomic E-state index is 12.0. The number of sulfone groups is 1. The van der Waals surface area contributed by atoms with Crippen LogP contribution in [-0.4, -0.2) is 32.9 Å². The van der Waals surface area contributed by atoms with Crippen LogP contribution in [0.25, 0.3) is 0 Å². The van der Waals surface area contributed by atoms with Crippen LogP contribution in [0.4, 0.5) is 11.4 Å². The van der Waals surface area contributed by atoms with Crippen molar-refractivity contribution in [2.24, 2.45) is 0 Å². The summed E-state index contributed by atoms with van der Waals surface area (Å²) >= 11 is 0. The van der Waals surface area contributed by atoms with Gasteiger partial charge >= 0.3 is 0 Å². The molecule has 0 radical (unpaired) electrons. The Bertz CT molecular complexity index is 858. The van der Waals surface area contributed by atoms with E-state index in [1.165, 1.54) is 31.2 Å². The summed E-state index contributed by atoms with van der Waals surface area (Å²) in [6.45, 7) is 1.45. The summed E-state index contributed by atoms with van der Waals surface area (Å²) in [5.74, 6) is -0.393. The van der Waals surface area contributed by atoms with Crippen LogP contribution in [0.5, 0.6) is 0 Å². The molecule has 2 rings (SSSR count). The number of nitrogens with one attached hydrogen (secondary N) is 2. The van der Waals surface area contributed by atoms with Crippen molar-refractivity contribution in [1.82, 2.24) is 0 Å². The number of carbonyl (C=O) groups is 2. The molecule has 0 saturated carbocycles. The fourth-order valence-corrected chi connectivity index (χ4v) is 2.74. The van der Waals surface area contributed by atoms with Crippen LogP contribution in [0.3, 0.4) is 0 Å². The summed E-state index contributed by atoms with van der Waals surface area (Å²) in [6, 6.07) is 12.9. The third-order valence-corrected chi connectivity index (χ3v) is 4.44. The molecule has 24 heavy (non-hydrogen) atoms. The van der Waals surface area contributed by atoms with Gasteiger partial charge in [-0.1, -0.05) is 12.1 Å². The predicted molar refractivity (Wildman–Crippen MR) is 93.1 cm³/mol. The Balaban J connectivity index is 1.98. The number of benzene rings is 2. The number of ketones is 1. The van der Waals surface area contributed by atoms with Crippen molar-refractivity contribution in [3.8, 4) is 0 Å². The van der Waals surface area contributed by atoms with E-state index in [9.17, 15) is 18.0 Å². The van der Waals surface area contributed by atoms with Gasteiger partial charge in [-0.2, -0.15) is 0 Å². The van der Waals surface area contributed by atoms with Crippen molar-refractivity contribution in [2.75, 3.05) is 23.4 Å². The molecule has 126 valence electrons. The Morgan fingerprint density at radius 1 is 1.00 bits per heavy atom. The fourth-order valence-electron chi connectivity index (χ4n) is 2.11. The van der Waals surface area contributed by atoms with Gasteiger partial charge in [0.2, 0.25) is 5.91 Å². The summed E-state index contributed by atoms with van der Waals surface area (Å²) in [7, 11) is -3.26. The third-order valence-electron chi connectivity index (χ3n) is 3.31. The molecule has 0 atom stereocenters. The average molecular weight is 346 g/mol. The van der Waals surface area contributed by atoms with Crippen LogP contribution in [0.2, 0.25) is 0 Å². The molecule has 0 fully saturated rings. The number of carbonyl (C=O) groups excluding carboxylic acids is 2. The van der Waals surface area contributed by atoms with E-state index in [1.807, 2.05) is 0 Å². The Kier molecular flexibility index (Phi) is 5.35. The van der Waals surface area contributed by atoms with E-state index in [2.05, 4.69) is 10.6 Å². The summed E-state index contributed by atoms with van der Waals surface area (Å²) in [4.78, 5) is 23.7. The molecule has 2 N–H and O–H groups in total. The maximum Gasteiger partial charge on any atom is 0.243 e. The van der Waals surface area contributed by atoms with Gasteiger partial charge in [-0.25, -0.2) is 8.42 Å². The number of hydrogen-bond acceptors (Lipinski definition) is 5. The summed E-state index contributed by atoms with van der Waals surface area (Å²) in [6.07, 6.45) is 1.12. The third kappa shape index (κ3) is 4.66. The zero-order valence-corrected chi connectivity index (χ0v) is 14.2. The maximum absolute atomic E-state index is 12.0. The number of amides is 1. The van der Waals surface area contributed by atoms with E-state index in [1.54, 1.807) is 24.3 Å². The zero-order valence-electron chi connectivity index (χ0n) is 13.4. The Hall–Kier alpha value is -2.67. The molecule has 2 aromatic carbocycles. The molecule has 0 bridgehead atoms. The van der Waals surface area contributed by atoms with Crippen LogP contribution in [0.15, 0.2) is 53.4 Å². The second kappa shape index (κ2) is 7.27. The molecule has 0 spiro atoms. The van der Waals surface area contributed by atoms with Gasteiger partial charge in [-0.05, 0) is 43.3 Å². The van der Waals surface area contributed by atoms with Crippen LogP contribution < -0.4 is 10.6 Å². The number of para-hydroxylation sites is 1. The Morgan fingerprint density at radius 2 is 1.62 bits per heavy atom. The minimum absolute atomic E-state index is 0.0158. The van der Waals surface area contributed by atoms with Gasteiger partial charge in [0.05, 0.1) is 11.4 Å². The second-order valence-electron chi connectivity index (χ2n) is 5.30. The van der Waals surface area contributed by atoms with Crippen molar-refractivity contribution in [1.29, 1.82) is 0 Å². The van der Waals surface area contributed by atoms with Crippen LogP contribution in [0.1, 0.15) is 17.3 Å². The van der Waals surface area contributed by atoms with E-state index in [-0.39, 0.29) is 23.1 Å². The Morgan fingerprint density at radius 3 is 2.21 bits per heavy atom. The molecule has 1 amide bonds. The molecule has 0 aliphatic carbocycles. The summed E-state index contributed by atoms with van der Waals surface area (Å²) in [5, 5.41) is 5.58. The quantitative estimate of drug-likeness (QED) is 0.783. The van der Waals surface area contributed by atoms with Crippen molar-refractivity contribution >= 4 is 32.9 Å². The highest BCUT2D eigenvalue weighted by Crippen LogP contribution is 2.16. The monoisotopic (exact) mass is 346 g/mol. The van der Waals surface area contributed by atoms with Gasteiger partial charge in [0, 0.05) is 23.2 Å². The number of anilines is 2. The first-order valence-electron chi connectivity index (χ1n) is 7.21. The highest BCUT2D eigenvalue weighted by atomic mass is 32.2. The Labute approximate surface area is 140 Å². The molecule has 0 aromatic heterocycles. The molecular weight excluding hydrogens is 328 g/mol. The lowest BCUT2D eigenvalue weighted by Gasteiger charge is -2.10. The van der Waals surface area contributed by atoms with Crippen LogP contribution in [0, 0.1) is 0 Å². The minimum atomic E-state index is -3.26. The van der Waals surface area contributed by atoms with Gasteiger partial charge in [0.25, 0.3) is 0 Å². The van der Waals surface area contributed by atoms with Crippen molar-refractivity contribution in [2.45, 2.75) is 11.8 Å². The molecule has 7 heteroatoms. The first-order chi connectivity index (χ1) is 11.3. The summed E-state index contributed by atoms with van der Waals surface area (Å²) < 4.78 is 22.8. The van der Waals surface area contributed by atoms with Gasteiger partial charge in [0.15, 0.2) is 15.6 Å². The lowest BCUT2D eigenvalue weighted by Crippen LogP contribution is -2.22. The van der Waals surface area contributed by atoms with Gasteiger partial charge in [0.1, 0.15) is 0 Å². The number of hydrogen-bond donors (Lipinski definition) is 2. The molecule has 0 heterocycles. The number of rotatable bonds is 6. The first-order valence-corrected chi connectivity index (χ1v) is 9.10. The van der Waals surface area contributed by atoms with Crippen molar-refractivity contribution in [3.63, 3.8) is 0 Å². The highest BCUT2D eigenvalue weighted by molar-refractivity contribution is 7.90. The average Bonchev–Trinajstić information content (AvgIpc) is 2.53. The van der Waals surface area contributed by atoms with E-state index in [0.29, 0.717) is 16.9 Å². The zero-order chi connectivity index (χ0) is 17.7. The van der Waals surface area contributed by atoms with Crippen molar-refractivity contribution in [3.05, 3.63) is 54.1 Å². The van der Waals surface area contributed by atoms with Crippen molar-refractivity contribution < 1.29 is 18.0 Å². The molecule has 0 unspecified atom stereocenters. The smallest absolute Gasteiger partial charge is 0.243 e. The standard InChI is InChI=1S/C17H18N2O4S/c1-12(20)15-5-3-4-6-16(15)18-11-17(21)19-13-7-9-14(10-8-13)24(2,22)23/h3-10,18H,11H2,1-2H3,(H,19,21). The van der Waals surface area contributed by atoms with E-state index in [0.717, 1.165) is 6.26 Å². The lowest BCUT2D eigenvalue weighted by atomic mass is 10.1. The number of Topliss-reactive ketones (excluding diaryl/α,β-unsaturated/α-hetero) is 1. The normalized spacial score (nSPS) is 10.9. The molecule has 2 aromatic rings. The second-order valence-corrected chi connectivity index (χ2v) is 7.32. The predicted octanol–water partition coefficient (Wildman–Crippen LogP) is 2.34. The first kappa shape index (κ1) is 17.7. The van der Waals surface area contributed by atoms with Gasteiger partial charge in [-0.15, -0.1) is 0 Å². The van der Waals surface area contributed by atoms with E-state index >= 15 is 0 Å². The molecular formula is C17H18N2O4S. The largest absolute Gasteiger partial charge is 0.376 e. The molecule has 0 saturated heterocycles. The summed E-state index contributed by atoms with van der Waals surface area (Å²) in [5.41, 5.74) is 1.60. The fraction of sp³-hybridized carbons (Fsp3) is 0.176. The molecule has 0 aliphatic heterocycles. The minimum Gasteiger partial charge on any atom is -0.376 e. The SMILES string of the molecule is CC(=O)c1ccccc1NCC(=O)Nc1ccc(S(C)(=O)=O)cc1. The van der Waals surface area contributed by atoms with Crippen LogP contribution in [-0.2, 0) is 14.6 Å². The van der Waals surface area contributed by atoms with Gasteiger partial charge < -0.3 is 10.6 Å². The van der Waals surface area contributed by atoms with Gasteiger partial charge in [-0.3, -0.25) is 9.59 Å².